The molecule has 2 fully saturated rings. The van der Waals surface area contributed by atoms with Crippen LogP contribution in [0.1, 0.15) is 20.3 Å². The third kappa shape index (κ3) is 1.88. The summed E-state index contributed by atoms with van der Waals surface area (Å²) in [6.45, 7) is 5.61. The molecule has 0 N–H and O–H groups in total. The number of likely N-dealkylation sites (tertiary alicyclic amines) is 1. The van der Waals surface area contributed by atoms with E-state index in [1.807, 2.05) is 6.08 Å². The van der Waals surface area contributed by atoms with Gasteiger partial charge in [0.2, 0.25) is 0 Å². The van der Waals surface area contributed by atoms with Crippen LogP contribution in [0.15, 0.2) is 12.2 Å². The summed E-state index contributed by atoms with van der Waals surface area (Å²) < 4.78 is 5.53. The number of ether oxygens (including phenoxy) is 1. The van der Waals surface area contributed by atoms with Gasteiger partial charge in [0.25, 0.3) is 0 Å². The fraction of sp³-hybridized carbons (Fsp3) is 0.727. The first-order valence-electron chi connectivity index (χ1n) is 5.23. The number of carbonyl (C=O) groups is 1. The molecule has 3 nitrogen and oxygen atoms in total. The van der Waals surface area contributed by atoms with Gasteiger partial charge in [0.15, 0.2) is 5.78 Å². The van der Waals surface area contributed by atoms with E-state index in [4.69, 9.17) is 4.74 Å². The molecule has 3 unspecified atom stereocenters. The van der Waals surface area contributed by atoms with Crippen LogP contribution >= 0.6 is 0 Å². The average molecular weight is 195 g/mol. The van der Waals surface area contributed by atoms with Gasteiger partial charge in [0.1, 0.15) is 0 Å². The molecule has 2 saturated heterocycles. The second-order valence-corrected chi connectivity index (χ2v) is 4.25. The van der Waals surface area contributed by atoms with E-state index < -0.39 is 0 Å². The van der Waals surface area contributed by atoms with Gasteiger partial charge in [-0.2, -0.15) is 0 Å². The molecular formula is C11H17NO2. The van der Waals surface area contributed by atoms with E-state index in [1.54, 1.807) is 13.0 Å². The highest BCUT2D eigenvalue weighted by molar-refractivity contribution is 5.87. The Kier molecular flexibility index (Phi) is 2.70. The Hall–Kier alpha value is -0.670. The van der Waals surface area contributed by atoms with Crippen molar-refractivity contribution in [3.05, 3.63) is 12.2 Å². The summed E-state index contributed by atoms with van der Waals surface area (Å²) in [5.41, 5.74) is 0. The summed E-state index contributed by atoms with van der Waals surface area (Å²) in [7, 11) is 0. The van der Waals surface area contributed by atoms with Crippen LogP contribution < -0.4 is 0 Å². The lowest BCUT2D eigenvalue weighted by Crippen LogP contribution is -2.42. The largest absolute Gasteiger partial charge is 0.375 e. The van der Waals surface area contributed by atoms with E-state index >= 15 is 0 Å². The monoisotopic (exact) mass is 195 g/mol. The second kappa shape index (κ2) is 3.83. The van der Waals surface area contributed by atoms with E-state index in [0.29, 0.717) is 18.2 Å². The van der Waals surface area contributed by atoms with Crippen LogP contribution in [0.4, 0.5) is 0 Å². The normalized spacial score (nSPS) is 34.1. The number of hydrogen-bond acceptors (Lipinski definition) is 3. The summed E-state index contributed by atoms with van der Waals surface area (Å²) in [5, 5.41) is 0. The molecule has 0 aromatic rings. The lowest BCUT2D eigenvalue weighted by atomic mass is 10.2. The van der Waals surface area contributed by atoms with Crippen LogP contribution in [-0.4, -0.2) is 42.0 Å². The average Bonchev–Trinajstić information content (AvgIpc) is 2.74. The van der Waals surface area contributed by atoms with Gasteiger partial charge in [-0.15, -0.1) is 0 Å². The predicted molar refractivity (Wildman–Crippen MR) is 54.1 cm³/mol. The first-order chi connectivity index (χ1) is 6.66. The maximum Gasteiger partial charge on any atom is 0.152 e. The molecule has 0 aromatic heterocycles. The molecular weight excluding hydrogens is 178 g/mol. The molecule has 0 spiro atoms. The Morgan fingerprint density at radius 3 is 2.93 bits per heavy atom. The fourth-order valence-electron chi connectivity index (χ4n) is 2.31. The molecule has 0 saturated carbocycles. The number of morpholine rings is 1. The predicted octanol–water partition coefficient (Wildman–Crippen LogP) is 0.993. The molecule has 2 rings (SSSR count). The summed E-state index contributed by atoms with van der Waals surface area (Å²) >= 11 is 0. The summed E-state index contributed by atoms with van der Waals surface area (Å²) in [5.74, 6) is 0.123. The van der Waals surface area contributed by atoms with Crippen molar-refractivity contribution in [2.45, 2.75) is 38.5 Å². The van der Waals surface area contributed by atoms with E-state index in [1.165, 1.54) is 0 Å². The topological polar surface area (TPSA) is 29.5 Å². The Bertz CT molecular complexity index is 262. The molecule has 2 aliphatic heterocycles. The number of nitrogens with zero attached hydrogens (tertiary/aromatic N) is 1. The van der Waals surface area contributed by atoms with Crippen molar-refractivity contribution in [2.75, 3.05) is 13.2 Å². The number of fused-ring (bicyclic) bond motifs is 2. The van der Waals surface area contributed by atoms with Gasteiger partial charge in [-0.1, -0.05) is 6.08 Å². The highest BCUT2D eigenvalue weighted by atomic mass is 16.5. The minimum atomic E-state index is 0.123. The van der Waals surface area contributed by atoms with Crippen LogP contribution in [0.2, 0.25) is 0 Å². The van der Waals surface area contributed by atoms with Crippen LogP contribution in [0.25, 0.3) is 0 Å². The SMILES string of the molecule is CC(=O)/C=C/C(C)N1CC2CC1CO2. The lowest BCUT2D eigenvalue weighted by molar-refractivity contribution is -0.112. The third-order valence-corrected chi connectivity index (χ3v) is 3.08. The zero-order valence-corrected chi connectivity index (χ0v) is 8.77. The number of ketones is 1. The molecule has 2 heterocycles. The van der Waals surface area contributed by atoms with Gasteiger partial charge in [0, 0.05) is 18.6 Å². The van der Waals surface area contributed by atoms with Crippen LogP contribution in [0.5, 0.6) is 0 Å². The van der Waals surface area contributed by atoms with E-state index in [0.717, 1.165) is 19.6 Å². The zero-order valence-electron chi connectivity index (χ0n) is 8.77. The zero-order chi connectivity index (χ0) is 10.1. The third-order valence-electron chi connectivity index (χ3n) is 3.08. The molecule has 2 aliphatic rings. The molecule has 0 radical (unpaired) electrons. The second-order valence-electron chi connectivity index (χ2n) is 4.25. The van der Waals surface area contributed by atoms with Gasteiger partial charge in [0.05, 0.1) is 12.7 Å². The molecule has 2 bridgehead atoms. The van der Waals surface area contributed by atoms with Crippen molar-refractivity contribution in [1.29, 1.82) is 0 Å². The van der Waals surface area contributed by atoms with Gasteiger partial charge in [-0.05, 0) is 26.3 Å². The molecule has 0 aromatic carbocycles. The maximum absolute atomic E-state index is 10.8. The van der Waals surface area contributed by atoms with Crippen molar-refractivity contribution < 1.29 is 9.53 Å². The van der Waals surface area contributed by atoms with E-state index in [2.05, 4.69) is 11.8 Å². The molecule has 3 atom stereocenters. The minimum absolute atomic E-state index is 0.123. The fourth-order valence-corrected chi connectivity index (χ4v) is 2.31. The van der Waals surface area contributed by atoms with Crippen LogP contribution in [0.3, 0.4) is 0 Å². The smallest absolute Gasteiger partial charge is 0.152 e. The summed E-state index contributed by atoms with van der Waals surface area (Å²) in [6, 6.07) is 0.935. The Morgan fingerprint density at radius 2 is 2.43 bits per heavy atom. The van der Waals surface area contributed by atoms with Crippen LogP contribution in [-0.2, 0) is 9.53 Å². The molecule has 78 valence electrons. The van der Waals surface area contributed by atoms with E-state index in [9.17, 15) is 4.79 Å². The van der Waals surface area contributed by atoms with Crippen molar-refractivity contribution in [2.24, 2.45) is 0 Å². The van der Waals surface area contributed by atoms with Gasteiger partial charge >= 0.3 is 0 Å². The lowest BCUT2D eigenvalue weighted by Gasteiger charge is -2.30. The van der Waals surface area contributed by atoms with Crippen LogP contribution in [0, 0.1) is 0 Å². The molecule has 0 aliphatic carbocycles. The highest BCUT2D eigenvalue weighted by Crippen LogP contribution is 2.29. The quantitative estimate of drug-likeness (QED) is 0.629. The Morgan fingerprint density at radius 1 is 1.64 bits per heavy atom. The highest BCUT2D eigenvalue weighted by Gasteiger charge is 2.40. The summed E-state index contributed by atoms with van der Waals surface area (Å²) in [4.78, 5) is 13.2. The number of hydrogen-bond donors (Lipinski definition) is 0. The van der Waals surface area contributed by atoms with Gasteiger partial charge < -0.3 is 4.74 Å². The molecule has 14 heavy (non-hydrogen) atoms. The number of carbonyl (C=O) groups excluding carboxylic acids is 1. The Labute approximate surface area is 84.7 Å². The minimum Gasteiger partial charge on any atom is -0.375 e. The Balaban J connectivity index is 1.92. The number of rotatable bonds is 3. The van der Waals surface area contributed by atoms with Gasteiger partial charge in [-0.3, -0.25) is 9.69 Å². The molecule has 0 amide bonds. The first kappa shape index (κ1) is 9.87. The first-order valence-corrected chi connectivity index (χ1v) is 5.23. The maximum atomic E-state index is 10.8. The van der Waals surface area contributed by atoms with Gasteiger partial charge in [-0.25, -0.2) is 0 Å². The molecule has 3 heteroatoms. The number of allylic oxidation sites excluding steroid dienone is 1. The van der Waals surface area contributed by atoms with E-state index in [-0.39, 0.29) is 5.78 Å². The van der Waals surface area contributed by atoms with Crippen molar-refractivity contribution >= 4 is 5.78 Å². The van der Waals surface area contributed by atoms with Crippen molar-refractivity contribution in [1.82, 2.24) is 4.90 Å². The van der Waals surface area contributed by atoms with Crippen molar-refractivity contribution in [3.63, 3.8) is 0 Å². The standard InChI is InChI=1S/C11H17NO2/c1-8(3-4-9(2)13)12-6-11-5-10(12)7-14-11/h3-4,8,10-11H,5-7H2,1-2H3/b4-3+. The summed E-state index contributed by atoms with van der Waals surface area (Å²) in [6.07, 6.45) is 5.26. The van der Waals surface area contributed by atoms with Crippen molar-refractivity contribution in [3.8, 4) is 0 Å².